The van der Waals surface area contributed by atoms with Gasteiger partial charge in [0.05, 0.1) is 0 Å². The van der Waals surface area contributed by atoms with E-state index in [0.717, 1.165) is 11.1 Å². The Balaban J connectivity index is 2.68. The monoisotopic (exact) mass is 220 g/mol. The second-order valence-electron chi connectivity index (χ2n) is 3.59. The molecular weight excluding hydrogens is 204 g/mol. The van der Waals surface area contributed by atoms with E-state index in [2.05, 4.69) is 6.58 Å². The number of benzene rings is 1. The summed E-state index contributed by atoms with van der Waals surface area (Å²) in [6.07, 6.45) is -0.666. The van der Waals surface area contributed by atoms with Crippen LogP contribution in [0.5, 0.6) is 0 Å². The average Bonchev–Trinajstić information content (AvgIpc) is 2.29. The number of esters is 1. The predicted molar refractivity (Wildman–Crippen MR) is 62.0 cm³/mol. The molecule has 0 spiro atoms. The topological polar surface area (TPSA) is 35.5 Å². The fourth-order valence-corrected chi connectivity index (χ4v) is 1.27. The van der Waals surface area contributed by atoms with Crippen molar-refractivity contribution in [2.75, 3.05) is 13.7 Å². The van der Waals surface area contributed by atoms with Crippen molar-refractivity contribution in [2.24, 2.45) is 0 Å². The highest BCUT2D eigenvalue weighted by Gasteiger charge is 2.21. The Kier molecular flexibility index (Phi) is 4.73. The van der Waals surface area contributed by atoms with Gasteiger partial charge in [-0.3, -0.25) is 0 Å². The van der Waals surface area contributed by atoms with Crippen molar-refractivity contribution in [2.45, 2.75) is 13.0 Å². The Morgan fingerprint density at radius 3 is 2.50 bits per heavy atom. The van der Waals surface area contributed by atoms with Gasteiger partial charge in [-0.15, -0.1) is 0 Å². The third-order valence-corrected chi connectivity index (χ3v) is 2.01. The molecule has 1 atom stereocenters. The molecule has 1 aromatic rings. The average molecular weight is 220 g/mol. The van der Waals surface area contributed by atoms with Crippen LogP contribution in [0, 0.1) is 0 Å². The van der Waals surface area contributed by atoms with E-state index < -0.39 is 12.1 Å². The lowest BCUT2D eigenvalue weighted by molar-refractivity contribution is -0.154. The quantitative estimate of drug-likeness (QED) is 0.565. The molecule has 3 heteroatoms. The molecule has 86 valence electrons. The summed E-state index contributed by atoms with van der Waals surface area (Å²) in [5.41, 5.74) is 1.59. The van der Waals surface area contributed by atoms with E-state index in [0.29, 0.717) is 0 Å². The lowest BCUT2D eigenvalue weighted by Gasteiger charge is -2.14. The van der Waals surface area contributed by atoms with Crippen LogP contribution in [0.3, 0.4) is 0 Å². The molecule has 0 amide bonds. The van der Waals surface area contributed by atoms with E-state index in [1.165, 1.54) is 7.11 Å². The van der Waals surface area contributed by atoms with Crippen molar-refractivity contribution < 1.29 is 14.3 Å². The number of carbonyl (C=O) groups is 1. The van der Waals surface area contributed by atoms with Crippen LogP contribution in [0.1, 0.15) is 18.6 Å². The minimum absolute atomic E-state index is 0.228. The first-order valence-corrected chi connectivity index (χ1v) is 5.04. The molecule has 0 aliphatic heterocycles. The molecule has 1 rings (SSSR count). The number of ether oxygens (including phenoxy) is 2. The third-order valence-electron chi connectivity index (χ3n) is 2.01. The van der Waals surface area contributed by atoms with Gasteiger partial charge in [-0.1, -0.05) is 36.9 Å². The van der Waals surface area contributed by atoms with Crippen molar-refractivity contribution in [3.05, 3.63) is 48.0 Å². The molecule has 0 saturated carbocycles. The van der Waals surface area contributed by atoms with E-state index in [4.69, 9.17) is 9.47 Å². The molecule has 0 aliphatic carbocycles. The van der Waals surface area contributed by atoms with Gasteiger partial charge >= 0.3 is 5.97 Å². The Labute approximate surface area is 95.7 Å². The van der Waals surface area contributed by atoms with Crippen LogP contribution in [0.25, 0.3) is 0 Å². The van der Waals surface area contributed by atoms with Gasteiger partial charge in [-0.25, -0.2) is 4.79 Å². The van der Waals surface area contributed by atoms with E-state index in [1.807, 2.05) is 30.3 Å². The second kappa shape index (κ2) is 6.08. The summed E-state index contributed by atoms with van der Waals surface area (Å²) >= 11 is 0. The molecular formula is C13H16O3. The van der Waals surface area contributed by atoms with Crippen LogP contribution in [-0.4, -0.2) is 19.7 Å². The molecule has 0 fully saturated rings. The van der Waals surface area contributed by atoms with Gasteiger partial charge in [0.2, 0.25) is 0 Å². The van der Waals surface area contributed by atoms with Crippen LogP contribution in [0.15, 0.2) is 42.5 Å². The minimum Gasteiger partial charge on any atom is -0.459 e. The Morgan fingerprint density at radius 2 is 2.00 bits per heavy atom. The highest BCUT2D eigenvalue weighted by atomic mass is 16.6. The van der Waals surface area contributed by atoms with E-state index >= 15 is 0 Å². The van der Waals surface area contributed by atoms with Crippen LogP contribution in [0.4, 0.5) is 0 Å². The standard InChI is InChI=1S/C13H16O3/c1-10(2)9-16-13(14)12(15-3)11-7-5-4-6-8-11/h4-8,12H,1,9H2,2-3H3. The highest BCUT2D eigenvalue weighted by Crippen LogP contribution is 2.17. The fraction of sp³-hybridized carbons (Fsp3) is 0.308. The van der Waals surface area contributed by atoms with Gasteiger partial charge in [0.25, 0.3) is 0 Å². The van der Waals surface area contributed by atoms with Crippen molar-refractivity contribution in [1.82, 2.24) is 0 Å². The zero-order valence-corrected chi connectivity index (χ0v) is 9.60. The third kappa shape index (κ3) is 3.51. The summed E-state index contributed by atoms with van der Waals surface area (Å²) in [5, 5.41) is 0. The SMILES string of the molecule is C=C(C)COC(=O)C(OC)c1ccccc1. The summed E-state index contributed by atoms with van der Waals surface area (Å²) in [6.45, 7) is 5.70. The molecule has 0 bridgehead atoms. The Hall–Kier alpha value is -1.61. The van der Waals surface area contributed by atoms with Crippen LogP contribution >= 0.6 is 0 Å². The zero-order valence-electron chi connectivity index (χ0n) is 9.60. The lowest BCUT2D eigenvalue weighted by Crippen LogP contribution is -2.18. The lowest BCUT2D eigenvalue weighted by atomic mass is 10.1. The minimum atomic E-state index is -0.666. The number of rotatable bonds is 5. The maximum absolute atomic E-state index is 11.7. The van der Waals surface area contributed by atoms with Crippen LogP contribution in [0.2, 0.25) is 0 Å². The second-order valence-corrected chi connectivity index (χ2v) is 3.59. The van der Waals surface area contributed by atoms with Crippen LogP contribution < -0.4 is 0 Å². The van der Waals surface area contributed by atoms with Gasteiger partial charge in [-0.2, -0.15) is 0 Å². The predicted octanol–water partition coefficient (Wildman–Crippen LogP) is 2.49. The first-order chi connectivity index (χ1) is 7.65. The largest absolute Gasteiger partial charge is 0.459 e. The Morgan fingerprint density at radius 1 is 1.38 bits per heavy atom. The molecule has 16 heavy (non-hydrogen) atoms. The van der Waals surface area contributed by atoms with Crippen molar-refractivity contribution in [3.63, 3.8) is 0 Å². The maximum Gasteiger partial charge on any atom is 0.340 e. The van der Waals surface area contributed by atoms with Gasteiger partial charge in [0.1, 0.15) is 6.61 Å². The molecule has 0 radical (unpaired) electrons. The van der Waals surface area contributed by atoms with Gasteiger partial charge in [0, 0.05) is 7.11 Å². The summed E-state index contributed by atoms with van der Waals surface area (Å²) in [6, 6.07) is 9.25. The molecule has 3 nitrogen and oxygen atoms in total. The first-order valence-electron chi connectivity index (χ1n) is 5.04. The summed E-state index contributed by atoms with van der Waals surface area (Å²) in [4.78, 5) is 11.7. The van der Waals surface area contributed by atoms with Gasteiger partial charge < -0.3 is 9.47 Å². The number of hydrogen-bond acceptors (Lipinski definition) is 3. The summed E-state index contributed by atoms with van der Waals surface area (Å²) in [5.74, 6) is -0.392. The number of hydrogen-bond donors (Lipinski definition) is 0. The maximum atomic E-state index is 11.7. The summed E-state index contributed by atoms with van der Waals surface area (Å²) < 4.78 is 10.2. The number of methoxy groups -OCH3 is 1. The molecule has 0 N–H and O–H groups in total. The molecule has 1 aromatic carbocycles. The molecule has 1 unspecified atom stereocenters. The molecule has 0 aliphatic rings. The number of carbonyl (C=O) groups excluding carboxylic acids is 1. The van der Waals surface area contributed by atoms with E-state index in [9.17, 15) is 4.79 Å². The zero-order chi connectivity index (χ0) is 12.0. The van der Waals surface area contributed by atoms with Crippen molar-refractivity contribution >= 4 is 5.97 Å². The molecule has 0 aromatic heterocycles. The summed E-state index contributed by atoms with van der Waals surface area (Å²) in [7, 11) is 1.49. The molecule has 0 heterocycles. The highest BCUT2D eigenvalue weighted by molar-refractivity contribution is 5.76. The van der Waals surface area contributed by atoms with Gasteiger partial charge in [0.15, 0.2) is 6.10 Å². The van der Waals surface area contributed by atoms with Gasteiger partial charge in [-0.05, 0) is 18.1 Å². The van der Waals surface area contributed by atoms with E-state index in [-0.39, 0.29) is 6.61 Å². The first kappa shape index (κ1) is 12.5. The van der Waals surface area contributed by atoms with Crippen molar-refractivity contribution in [3.8, 4) is 0 Å². The van der Waals surface area contributed by atoms with E-state index in [1.54, 1.807) is 6.92 Å². The molecule has 0 saturated heterocycles. The fourth-order valence-electron chi connectivity index (χ4n) is 1.27. The normalized spacial score (nSPS) is 11.9. The Bertz CT molecular complexity index is 357. The smallest absolute Gasteiger partial charge is 0.340 e. The van der Waals surface area contributed by atoms with Crippen molar-refractivity contribution in [1.29, 1.82) is 0 Å². The van der Waals surface area contributed by atoms with Crippen LogP contribution in [-0.2, 0) is 14.3 Å².